The van der Waals surface area contributed by atoms with Crippen LogP contribution in [0.1, 0.15) is 13.8 Å². The summed E-state index contributed by atoms with van der Waals surface area (Å²) in [6.07, 6.45) is 0. The lowest BCUT2D eigenvalue weighted by atomic mass is 10.3. The van der Waals surface area contributed by atoms with E-state index in [2.05, 4.69) is 45.3 Å². The monoisotopic (exact) mass is 327 g/mol. The van der Waals surface area contributed by atoms with E-state index in [0.29, 0.717) is 6.54 Å². The third kappa shape index (κ3) is 6.18. The maximum absolute atomic E-state index is 11.7. The molecule has 19 heavy (non-hydrogen) atoms. The number of benzene rings is 1. The maximum atomic E-state index is 11.7. The molecule has 0 aliphatic heterocycles. The predicted octanol–water partition coefficient (Wildman–Crippen LogP) is 2.32. The fourth-order valence-corrected chi connectivity index (χ4v) is 2.12. The molecule has 0 aliphatic carbocycles. The first-order valence-corrected chi connectivity index (χ1v) is 7.44. The Balaban J connectivity index is 2.24. The predicted molar refractivity (Wildman–Crippen MR) is 83.4 cm³/mol. The third-order valence-electron chi connectivity index (χ3n) is 2.93. The largest absolute Gasteiger partial charge is 0.324 e. The molecule has 1 amide bonds. The second kappa shape index (κ2) is 9.07. The van der Waals surface area contributed by atoms with Gasteiger partial charge in [0.05, 0.1) is 12.2 Å². The summed E-state index contributed by atoms with van der Waals surface area (Å²) in [5.74, 6) is -0.0218. The summed E-state index contributed by atoms with van der Waals surface area (Å²) >= 11 is 3.40. The normalized spacial score (nSPS) is 10.7. The van der Waals surface area contributed by atoms with Crippen LogP contribution in [0, 0.1) is 0 Å². The van der Waals surface area contributed by atoms with E-state index in [4.69, 9.17) is 0 Å². The highest BCUT2D eigenvalue weighted by Gasteiger charge is 2.04. The van der Waals surface area contributed by atoms with Crippen molar-refractivity contribution in [2.75, 3.05) is 38.0 Å². The summed E-state index contributed by atoms with van der Waals surface area (Å²) in [5, 5.41) is 6.02. The second-order valence-electron chi connectivity index (χ2n) is 4.23. The van der Waals surface area contributed by atoms with E-state index in [-0.39, 0.29) is 5.91 Å². The summed E-state index contributed by atoms with van der Waals surface area (Å²) in [6.45, 7) is 8.50. The van der Waals surface area contributed by atoms with E-state index in [1.54, 1.807) is 0 Å². The number of halogens is 1. The molecule has 0 saturated heterocycles. The van der Waals surface area contributed by atoms with Crippen molar-refractivity contribution in [2.24, 2.45) is 0 Å². The average molecular weight is 328 g/mol. The Bertz CT molecular complexity index is 394. The van der Waals surface area contributed by atoms with Gasteiger partial charge in [0.2, 0.25) is 5.91 Å². The van der Waals surface area contributed by atoms with Crippen LogP contribution in [0.5, 0.6) is 0 Å². The van der Waals surface area contributed by atoms with Crippen LogP contribution in [0.25, 0.3) is 0 Å². The van der Waals surface area contributed by atoms with Crippen LogP contribution in [0.4, 0.5) is 5.69 Å². The number of likely N-dealkylation sites (N-methyl/N-ethyl adjacent to an activating group) is 1. The molecule has 0 aromatic heterocycles. The van der Waals surface area contributed by atoms with Crippen molar-refractivity contribution < 1.29 is 4.79 Å². The quantitative estimate of drug-likeness (QED) is 0.720. The molecule has 0 spiro atoms. The fourth-order valence-electron chi connectivity index (χ4n) is 1.74. The Morgan fingerprint density at radius 1 is 1.26 bits per heavy atom. The fraction of sp³-hybridized carbons (Fsp3) is 0.500. The molecule has 2 N–H and O–H groups in total. The van der Waals surface area contributed by atoms with Crippen molar-refractivity contribution >= 4 is 27.5 Å². The summed E-state index contributed by atoms with van der Waals surface area (Å²) in [6, 6.07) is 7.59. The first-order chi connectivity index (χ1) is 9.17. The van der Waals surface area contributed by atoms with Crippen molar-refractivity contribution in [2.45, 2.75) is 13.8 Å². The van der Waals surface area contributed by atoms with Gasteiger partial charge in [-0.15, -0.1) is 0 Å². The first kappa shape index (κ1) is 16.1. The van der Waals surface area contributed by atoms with Crippen molar-refractivity contribution in [3.05, 3.63) is 28.7 Å². The van der Waals surface area contributed by atoms with Gasteiger partial charge in [0, 0.05) is 17.6 Å². The molecule has 1 aromatic carbocycles. The molecule has 5 heteroatoms. The number of nitrogens with zero attached hydrogens (tertiary/aromatic N) is 1. The van der Waals surface area contributed by atoms with Crippen LogP contribution >= 0.6 is 15.9 Å². The molecular weight excluding hydrogens is 306 g/mol. The van der Waals surface area contributed by atoms with Gasteiger partial charge in [0.1, 0.15) is 0 Å². The molecule has 0 aliphatic rings. The standard InChI is InChI=1S/C14H22BrN3O/c1-3-18(4-2)10-9-16-11-14(19)17-13-8-6-5-7-12(13)15/h5-8,16H,3-4,9-11H2,1-2H3,(H,17,19). The van der Waals surface area contributed by atoms with Gasteiger partial charge in [-0.25, -0.2) is 0 Å². The molecular formula is C14H22BrN3O. The van der Waals surface area contributed by atoms with Crippen LogP contribution in [0.3, 0.4) is 0 Å². The van der Waals surface area contributed by atoms with Gasteiger partial charge in [0.25, 0.3) is 0 Å². The van der Waals surface area contributed by atoms with Crippen LogP contribution in [0.15, 0.2) is 28.7 Å². The highest BCUT2D eigenvalue weighted by atomic mass is 79.9. The van der Waals surface area contributed by atoms with Crippen molar-refractivity contribution in [3.63, 3.8) is 0 Å². The Kier molecular flexibility index (Phi) is 7.70. The Hall–Kier alpha value is -0.910. The number of rotatable bonds is 8. The van der Waals surface area contributed by atoms with E-state index in [9.17, 15) is 4.79 Å². The van der Waals surface area contributed by atoms with Crippen LogP contribution in [-0.2, 0) is 4.79 Å². The van der Waals surface area contributed by atoms with E-state index >= 15 is 0 Å². The molecule has 4 nitrogen and oxygen atoms in total. The number of hydrogen-bond donors (Lipinski definition) is 2. The van der Waals surface area contributed by atoms with Crippen molar-refractivity contribution in [1.82, 2.24) is 10.2 Å². The number of carbonyl (C=O) groups is 1. The minimum atomic E-state index is -0.0218. The highest BCUT2D eigenvalue weighted by Crippen LogP contribution is 2.20. The first-order valence-electron chi connectivity index (χ1n) is 6.64. The average Bonchev–Trinajstić information content (AvgIpc) is 2.42. The zero-order valence-corrected chi connectivity index (χ0v) is 13.2. The van der Waals surface area contributed by atoms with Crippen molar-refractivity contribution in [3.8, 4) is 0 Å². The lowest BCUT2D eigenvalue weighted by molar-refractivity contribution is -0.115. The van der Waals surface area contributed by atoms with Crippen LogP contribution in [0.2, 0.25) is 0 Å². The SMILES string of the molecule is CCN(CC)CCNCC(=O)Nc1ccccc1Br. The Labute approximate surface area is 123 Å². The minimum Gasteiger partial charge on any atom is -0.324 e. The molecule has 1 rings (SSSR count). The van der Waals surface area contributed by atoms with Gasteiger partial charge in [-0.3, -0.25) is 4.79 Å². The van der Waals surface area contributed by atoms with Gasteiger partial charge in [-0.05, 0) is 41.2 Å². The minimum absolute atomic E-state index is 0.0218. The van der Waals surface area contributed by atoms with Gasteiger partial charge in [-0.2, -0.15) is 0 Å². The summed E-state index contributed by atoms with van der Waals surface area (Å²) in [4.78, 5) is 14.1. The molecule has 0 saturated carbocycles. The zero-order chi connectivity index (χ0) is 14.1. The highest BCUT2D eigenvalue weighted by molar-refractivity contribution is 9.10. The maximum Gasteiger partial charge on any atom is 0.238 e. The number of para-hydroxylation sites is 1. The number of amides is 1. The molecule has 1 aromatic rings. The third-order valence-corrected chi connectivity index (χ3v) is 3.62. The molecule has 0 bridgehead atoms. The molecule has 0 heterocycles. The van der Waals surface area contributed by atoms with Gasteiger partial charge >= 0.3 is 0 Å². The molecule has 0 radical (unpaired) electrons. The number of nitrogens with one attached hydrogen (secondary N) is 2. The van der Waals surface area contributed by atoms with Gasteiger partial charge in [-0.1, -0.05) is 26.0 Å². The Morgan fingerprint density at radius 2 is 1.95 bits per heavy atom. The zero-order valence-electron chi connectivity index (χ0n) is 11.6. The summed E-state index contributed by atoms with van der Waals surface area (Å²) in [7, 11) is 0. The molecule has 0 fully saturated rings. The lowest BCUT2D eigenvalue weighted by Crippen LogP contribution is -2.35. The van der Waals surface area contributed by atoms with E-state index in [1.165, 1.54) is 0 Å². The van der Waals surface area contributed by atoms with E-state index in [0.717, 1.165) is 36.3 Å². The van der Waals surface area contributed by atoms with Crippen LogP contribution < -0.4 is 10.6 Å². The summed E-state index contributed by atoms with van der Waals surface area (Å²) in [5.41, 5.74) is 0.804. The van der Waals surface area contributed by atoms with Gasteiger partial charge < -0.3 is 15.5 Å². The molecule has 0 atom stereocenters. The number of anilines is 1. The van der Waals surface area contributed by atoms with Crippen molar-refractivity contribution in [1.29, 1.82) is 0 Å². The molecule has 106 valence electrons. The van der Waals surface area contributed by atoms with Gasteiger partial charge in [0.15, 0.2) is 0 Å². The molecule has 0 unspecified atom stereocenters. The number of carbonyl (C=O) groups excluding carboxylic acids is 1. The summed E-state index contributed by atoms with van der Waals surface area (Å²) < 4.78 is 0.895. The second-order valence-corrected chi connectivity index (χ2v) is 5.09. The van der Waals surface area contributed by atoms with Crippen LogP contribution in [-0.4, -0.2) is 43.5 Å². The van der Waals surface area contributed by atoms with E-state index in [1.807, 2.05) is 24.3 Å². The topological polar surface area (TPSA) is 44.4 Å². The number of hydrogen-bond acceptors (Lipinski definition) is 3. The van der Waals surface area contributed by atoms with E-state index < -0.39 is 0 Å². The Morgan fingerprint density at radius 3 is 2.58 bits per heavy atom. The lowest BCUT2D eigenvalue weighted by Gasteiger charge is -2.17. The smallest absolute Gasteiger partial charge is 0.238 e.